The molecule has 1 aliphatic heterocycles. The van der Waals surface area contributed by atoms with Crippen molar-refractivity contribution in [1.29, 1.82) is 10.5 Å². The average molecular weight is 342 g/mol. The van der Waals surface area contributed by atoms with Crippen LogP contribution in [0.5, 0.6) is 0 Å². The highest BCUT2D eigenvalue weighted by Crippen LogP contribution is 2.29. The summed E-state index contributed by atoms with van der Waals surface area (Å²) >= 11 is 0. The minimum atomic E-state index is -0.823. The van der Waals surface area contributed by atoms with Gasteiger partial charge in [-0.25, -0.2) is 4.99 Å². The molecule has 25 heavy (non-hydrogen) atoms. The molecule has 7 nitrogen and oxygen atoms in total. The maximum atomic E-state index is 12.8. The number of amides is 1. The van der Waals surface area contributed by atoms with Gasteiger partial charge in [0.25, 0.3) is 0 Å². The molecule has 0 aromatic rings. The summed E-state index contributed by atoms with van der Waals surface area (Å²) in [7, 11) is 2.01. The summed E-state index contributed by atoms with van der Waals surface area (Å²) in [5.74, 6) is 0.199. The fraction of sp³-hybridized carbons (Fsp3) is 0.778. The maximum Gasteiger partial charge on any atom is 0.246 e. The molecular formula is C18H26N6O. The summed E-state index contributed by atoms with van der Waals surface area (Å²) in [6, 6.07) is 3.98. The van der Waals surface area contributed by atoms with Crippen molar-refractivity contribution in [2.24, 2.45) is 15.9 Å². The largest absolute Gasteiger partial charge is 0.336 e. The molecule has 1 N–H and O–H groups in total. The second kappa shape index (κ2) is 9.32. The zero-order chi connectivity index (χ0) is 18.1. The van der Waals surface area contributed by atoms with Gasteiger partial charge in [0.05, 0.1) is 6.07 Å². The minimum absolute atomic E-state index is 0.252. The third kappa shape index (κ3) is 5.67. The molecular weight excluding hydrogens is 316 g/mol. The molecule has 0 aromatic carbocycles. The van der Waals surface area contributed by atoms with Gasteiger partial charge in [0.1, 0.15) is 17.6 Å². The number of carbonyl (C=O) groups is 1. The smallest absolute Gasteiger partial charge is 0.246 e. The molecule has 2 rings (SSSR count). The predicted molar refractivity (Wildman–Crippen MR) is 93.7 cm³/mol. The van der Waals surface area contributed by atoms with Crippen molar-refractivity contribution in [2.75, 3.05) is 20.1 Å². The van der Waals surface area contributed by atoms with E-state index >= 15 is 0 Å². The summed E-state index contributed by atoms with van der Waals surface area (Å²) in [6.07, 6.45) is 9.26. The van der Waals surface area contributed by atoms with E-state index in [2.05, 4.69) is 32.3 Å². The molecule has 2 aliphatic rings. The Morgan fingerprint density at radius 2 is 1.96 bits per heavy atom. The van der Waals surface area contributed by atoms with Gasteiger partial charge in [0.15, 0.2) is 0 Å². The lowest BCUT2D eigenvalue weighted by Crippen LogP contribution is -2.55. The topological polar surface area (TPSA) is 105 Å². The van der Waals surface area contributed by atoms with E-state index in [-0.39, 0.29) is 5.91 Å². The lowest BCUT2D eigenvalue weighted by molar-refractivity contribution is -0.124. The van der Waals surface area contributed by atoms with E-state index in [9.17, 15) is 10.1 Å². The lowest BCUT2D eigenvalue weighted by Gasteiger charge is -2.36. The van der Waals surface area contributed by atoms with E-state index in [1.54, 1.807) is 6.19 Å². The zero-order valence-electron chi connectivity index (χ0n) is 14.9. The molecule has 1 heterocycles. The van der Waals surface area contributed by atoms with Crippen molar-refractivity contribution in [1.82, 2.24) is 10.2 Å². The second-order valence-corrected chi connectivity index (χ2v) is 7.18. The molecule has 0 bridgehead atoms. The summed E-state index contributed by atoms with van der Waals surface area (Å²) < 4.78 is 0. The summed E-state index contributed by atoms with van der Waals surface area (Å²) in [4.78, 5) is 22.3. The molecule has 1 amide bonds. The summed E-state index contributed by atoms with van der Waals surface area (Å²) in [5.41, 5.74) is -0.823. The van der Waals surface area contributed by atoms with Gasteiger partial charge in [-0.15, -0.1) is 4.99 Å². The van der Waals surface area contributed by atoms with E-state index in [4.69, 9.17) is 5.26 Å². The van der Waals surface area contributed by atoms with Crippen LogP contribution in [-0.2, 0) is 4.79 Å². The number of rotatable bonds is 5. The Bertz CT molecular complexity index is 596. The molecule has 134 valence electrons. The Labute approximate surface area is 149 Å². The molecule has 1 saturated carbocycles. The first-order valence-corrected chi connectivity index (χ1v) is 9.04. The Hall–Kier alpha value is -2.21. The van der Waals surface area contributed by atoms with Crippen molar-refractivity contribution in [3.8, 4) is 12.3 Å². The molecule has 7 heteroatoms. The van der Waals surface area contributed by atoms with Gasteiger partial charge in [-0.2, -0.15) is 10.5 Å². The number of hydrogen-bond donors (Lipinski definition) is 1. The van der Waals surface area contributed by atoms with E-state index in [1.807, 2.05) is 7.05 Å². The summed E-state index contributed by atoms with van der Waals surface area (Å²) in [6.45, 7) is 1.56. The Morgan fingerprint density at radius 3 is 2.56 bits per heavy atom. The first-order valence-electron chi connectivity index (χ1n) is 9.04. The van der Waals surface area contributed by atoms with Gasteiger partial charge >= 0.3 is 0 Å². The van der Waals surface area contributed by atoms with Gasteiger partial charge in [-0.3, -0.25) is 4.79 Å². The highest BCUT2D eigenvalue weighted by atomic mass is 16.2. The number of aliphatic imine (C=N–C) groups is 2. The normalized spacial score (nSPS) is 21.9. The van der Waals surface area contributed by atoms with E-state index in [1.165, 1.54) is 19.3 Å². The Morgan fingerprint density at radius 1 is 1.28 bits per heavy atom. The first-order chi connectivity index (χ1) is 12.1. The number of piperidine rings is 1. The predicted octanol–water partition coefficient (Wildman–Crippen LogP) is 2.08. The van der Waals surface area contributed by atoms with Crippen molar-refractivity contribution >= 4 is 11.9 Å². The highest BCUT2D eigenvalue weighted by Gasteiger charge is 2.37. The van der Waals surface area contributed by atoms with Gasteiger partial charge in [0.2, 0.25) is 12.1 Å². The van der Waals surface area contributed by atoms with Crippen LogP contribution in [0.15, 0.2) is 9.98 Å². The monoisotopic (exact) mass is 342 g/mol. The van der Waals surface area contributed by atoms with Crippen molar-refractivity contribution < 1.29 is 4.79 Å². The SMILES string of the molecule is CN1CCC(C#N)(NC(=O)C(CC2CCCCC2)N=C=NC#N)CC1. The highest BCUT2D eigenvalue weighted by molar-refractivity contribution is 5.84. The van der Waals surface area contributed by atoms with Gasteiger partial charge in [0, 0.05) is 13.1 Å². The molecule has 1 atom stereocenters. The van der Waals surface area contributed by atoms with E-state index in [0.717, 1.165) is 25.9 Å². The van der Waals surface area contributed by atoms with Crippen molar-refractivity contribution in [3.05, 3.63) is 0 Å². The number of hydrogen-bond acceptors (Lipinski definition) is 6. The van der Waals surface area contributed by atoms with Gasteiger partial charge in [-0.1, -0.05) is 32.1 Å². The standard InChI is InChI=1S/C18H26N6O/c1-24-9-7-18(12-19,8-10-24)23-17(25)16(22-14-21-13-20)11-15-5-3-2-4-6-15/h15-16H,2-11H2,1H3,(H,23,25). The summed E-state index contributed by atoms with van der Waals surface area (Å²) in [5, 5.41) is 21.1. The second-order valence-electron chi connectivity index (χ2n) is 7.18. The molecule has 2 fully saturated rings. The van der Waals surface area contributed by atoms with Crippen LogP contribution in [0, 0.1) is 28.7 Å². The molecule has 1 aliphatic carbocycles. The van der Waals surface area contributed by atoms with E-state index in [0.29, 0.717) is 25.2 Å². The van der Waals surface area contributed by atoms with Crippen LogP contribution in [0.1, 0.15) is 51.4 Å². The minimum Gasteiger partial charge on any atom is -0.336 e. The lowest BCUT2D eigenvalue weighted by atomic mass is 9.84. The molecule has 0 aromatic heterocycles. The van der Waals surface area contributed by atoms with Crippen LogP contribution in [0.2, 0.25) is 0 Å². The van der Waals surface area contributed by atoms with Crippen LogP contribution in [0.4, 0.5) is 0 Å². The molecule has 1 unspecified atom stereocenters. The van der Waals surface area contributed by atoms with Crippen molar-refractivity contribution in [3.63, 3.8) is 0 Å². The Kier molecular flexibility index (Phi) is 7.13. The van der Waals surface area contributed by atoms with Gasteiger partial charge < -0.3 is 10.2 Å². The molecule has 0 spiro atoms. The molecule has 1 saturated heterocycles. The van der Waals surface area contributed by atoms with E-state index < -0.39 is 11.6 Å². The number of nitrogens with one attached hydrogen (secondary N) is 1. The van der Waals surface area contributed by atoms with Gasteiger partial charge in [-0.05, 0) is 32.2 Å². The zero-order valence-corrected chi connectivity index (χ0v) is 14.9. The fourth-order valence-corrected chi connectivity index (χ4v) is 3.66. The number of nitriles is 2. The average Bonchev–Trinajstić information content (AvgIpc) is 2.64. The number of likely N-dealkylation sites (tertiary alicyclic amines) is 1. The first kappa shape index (κ1) is 19.1. The van der Waals surface area contributed by atoms with Crippen LogP contribution < -0.4 is 5.32 Å². The van der Waals surface area contributed by atoms with Crippen LogP contribution >= 0.6 is 0 Å². The van der Waals surface area contributed by atoms with Crippen molar-refractivity contribution in [2.45, 2.75) is 62.9 Å². The van der Waals surface area contributed by atoms with Crippen LogP contribution in [0.25, 0.3) is 0 Å². The van der Waals surface area contributed by atoms with Crippen LogP contribution in [0.3, 0.4) is 0 Å². The fourth-order valence-electron chi connectivity index (χ4n) is 3.66. The number of carbonyl (C=O) groups excluding carboxylic acids is 1. The Balaban J connectivity index is 2.06. The molecule has 0 radical (unpaired) electrons. The van der Waals surface area contributed by atoms with Crippen LogP contribution in [-0.4, -0.2) is 48.5 Å². The third-order valence-corrected chi connectivity index (χ3v) is 5.31. The number of nitrogens with zero attached hydrogens (tertiary/aromatic N) is 5. The third-order valence-electron chi connectivity index (χ3n) is 5.31. The maximum absolute atomic E-state index is 12.8. The quantitative estimate of drug-likeness (QED) is 0.610.